The van der Waals surface area contributed by atoms with Crippen molar-refractivity contribution in [2.45, 2.75) is 18.9 Å². The Morgan fingerprint density at radius 2 is 2.08 bits per heavy atom. The number of carbonyl (C=O) groups is 1. The third kappa shape index (κ3) is 6.15. The molecule has 1 aliphatic carbocycles. The second kappa shape index (κ2) is 9.97. The molecule has 3 N–H and O–H groups in total. The van der Waals surface area contributed by atoms with E-state index in [-0.39, 0.29) is 36.8 Å². The van der Waals surface area contributed by atoms with E-state index in [1.165, 1.54) is 6.20 Å². The number of halogens is 3. The number of amides is 1. The summed E-state index contributed by atoms with van der Waals surface area (Å²) in [6.45, 7) is 0.466. The Labute approximate surface area is 167 Å². The molecule has 1 saturated carbocycles. The van der Waals surface area contributed by atoms with E-state index >= 15 is 0 Å². The average Bonchev–Trinajstić information content (AvgIpc) is 3.38. The summed E-state index contributed by atoms with van der Waals surface area (Å²) in [4.78, 5) is 16.4. The Morgan fingerprint density at radius 1 is 1.32 bits per heavy atom. The van der Waals surface area contributed by atoms with Crippen molar-refractivity contribution in [3.63, 3.8) is 0 Å². The van der Waals surface area contributed by atoms with Crippen LogP contribution in [0.2, 0.25) is 0 Å². The summed E-state index contributed by atoms with van der Waals surface area (Å²) in [6.07, 6.45) is 3.79. The first kappa shape index (κ1) is 21.7. The van der Waals surface area contributed by atoms with E-state index in [9.17, 15) is 4.79 Å². The van der Waals surface area contributed by atoms with Crippen LogP contribution >= 0.6 is 40.7 Å². The minimum atomic E-state index is -0.145. The van der Waals surface area contributed by atoms with Crippen LogP contribution in [0.25, 0.3) is 0 Å². The first-order valence-electron chi connectivity index (χ1n) is 7.56. The summed E-state index contributed by atoms with van der Waals surface area (Å²) in [7, 11) is 0. The van der Waals surface area contributed by atoms with Crippen molar-refractivity contribution in [2.24, 2.45) is 11.7 Å². The number of benzene rings is 1. The fraction of sp³-hybridized carbons (Fsp3) is 0.294. The lowest BCUT2D eigenvalue weighted by Gasteiger charge is -2.15. The van der Waals surface area contributed by atoms with Crippen LogP contribution in [-0.2, 0) is 0 Å². The highest BCUT2D eigenvalue weighted by atomic mass is 79.9. The fourth-order valence-corrected chi connectivity index (χ4v) is 2.72. The molecule has 2 aromatic rings. The Hall–Kier alpha value is -1.34. The normalized spacial score (nSPS) is 13.8. The van der Waals surface area contributed by atoms with Gasteiger partial charge in [-0.3, -0.25) is 4.79 Å². The second-order valence-corrected chi connectivity index (χ2v) is 6.51. The van der Waals surface area contributed by atoms with E-state index < -0.39 is 0 Å². The Morgan fingerprint density at radius 3 is 2.64 bits per heavy atom. The molecule has 1 amide bonds. The van der Waals surface area contributed by atoms with Gasteiger partial charge in [0, 0.05) is 29.3 Å². The molecule has 136 valence electrons. The molecule has 3 rings (SSSR count). The van der Waals surface area contributed by atoms with Gasteiger partial charge in [-0.05, 0) is 43.0 Å². The lowest BCUT2D eigenvalue weighted by atomic mass is 10.1. The zero-order valence-corrected chi connectivity index (χ0v) is 16.6. The Kier molecular flexibility index (Phi) is 8.65. The predicted molar refractivity (Wildman–Crippen MR) is 106 cm³/mol. The fourth-order valence-electron chi connectivity index (χ4n) is 2.35. The molecule has 5 nitrogen and oxygen atoms in total. The van der Waals surface area contributed by atoms with Crippen LogP contribution < -0.4 is 15.8 Å². The third-order valence-electron chi connectivity index (χ3n) is 3.78. The lowest BCUT2D eigenvalue weighted by molar-refractivity contribution is 0.0933. The van der Waals surface area contributed by atoms with Gasteiger partial charge in [0.25, 0.3) is 5.91 Å². The first-order chi connectivity index (χ1) is 11.2. The molecule has 0 radical (unpaired) electrons. The number of aromatic nitrogens is 1. The quantitative estimate of drug-likeness (QED) is 0.701. The minimum absolute atomic E-state index is 0. The zero-order valence-electron chi connectivity index (χ0n) is 13.4. The topological polar surface area (TPSA) is 77.2 Å². The van der Waals surface area contributed by atoms with E-state index in [1.807, 2.05) is 24.3 Å². The van der Waals surface area contributed by atoms with Crippen LogP contribution in [-0.4, -0.2) is 23.5 Å². The van der Waals surface area contributed by atoms with Gasteiger partial charge in [-0.2, -0.15) is 0 Å². The second-order valence-electron chi connectivity index (χ2n) is 5.60. The van der Waals surface area contributed by atoms with E-state index in [4.69, 9.17) is 10.5 Å². The van der Waals surface area contributed by atoms with Gasteiger partial charge in [0.2, 0.25) is 5.88 Å². The molecule has 1 atom stereocenters. The molecule has 1 fully saturated rings. The number of rotatable bonds is 6. The molecule has 0 spiro atoms. The van der Waals surface area contributed by atoms with Crippen molar-refractivity contribution in [1.82, 2.24) is 10.3 Å². The van der Waals surface area contributed by atoms with Crippen molar-refractivity contribution in [1.29, 1.82) is 0 Å². The molecule has 0 bridgehead atoms. The number of carbonyl (C=O) groups excluding carboxylic acids is 1. The van der Waals surface area contributed by atoms with Crippen LogP contribution in [0.1, 0.15) is 23.2 Å². The summed E-state index contributed by atoms with van der Waals surface area (Å²) < 4.78 is 6.58. The van der Waals surface area contributed by atoms with Crippen molar-refractivity contribution in [3.05, 3.63) is 52.6 Å². The van der Waals surface area contributed by atoms with Crippen molar-refractivity contribution >= 4 is 46.7 Å². The van der Waals surface area contributed by atoms with Gasteiger partial charge >= 0.3 is 0 Å². The molecule has 1 unspecified atom stereocenters. The van der Waals surface area contributed by atoms with Crippen LogP contribution in [0.5, 0.6) is 11.6 Å². The van der Waals surface area contributed by atoms with Gasteiger partial charge in [-0.1, -0.05) is 22.0 Å². The predicted octanol–water partition coefficient (Wildman–Crippen LogP) is 3.95. The molecular weight excluding hydrogens is 429 g/mol. The zero-order chi connectivity index (χ0) is 16.2. The number of hydrogen-bond acceptors (Lipinski definition) is 4. The maximum absolute atomic E-state index is 12.2. The minimum Gasteiger partial charge on any atom is -0.439 e. The summed E-state index contributed by atoms with van der Waals surface area (Å²) in [5, 5.41) is 2.97. The van der Waals surface area contributed by atoms with E-state index in [1.54, 1.807) is 12.1 Å². The molecule has 1 aromatic carbocycles. The molecule has 0 aliphatic heterocycles. The molecule has 0 saturated heterocycles. The lowest BCUT2D eigenvalue weighted by Crippen LogP contribution is -2.41. The van der Waals surface area contributed by atoms with E-state index in [0.717, 1.165) is 17.3 Å². The van der Waals surface area contributed by atoms with Gasteiger partial charge in [-0.15, -0.1) is 24.8 Å². The molecule has 8 heteroatoms. The standard InChI is InChI=1S/C17H18BrN3O2.2ClH/c18-13-2-1-3-14(8-13)23-16-7-6-12(10-20-16)17(22)21-15(9-19)11-4-5-11;;/h1-3,6-8,10-11,15H,4-5,9,19H2,(H,21,22);2*1H. The summed E-state index contributed by atoms with van der Waals surface area (Å²) in [5.41, 5.74) is 6.21. The molecule has 1 aromatic heterocycles. The summed E-state index contributed by atoms with van der Waals surface area (Å²) in [5.74, 6) is 1.50. The van der Waals surface area contributed by atoms with Gasteiger partial charge in [0.15, 0.2) is 0 Å². The van der Waals surface area contributed by atoms with Crippen molar-refractivity contribution < 1.29 is 9.53 Å². The van der Waals surface area contributed by atoms with Gasteiger partial charge < -0.3 is 15.8 Å². The maximum Gasteiger partial charge on any atom is 0.253 e. The highest BCUT2D eigenvalue weighted by molar-refractivity contribution is 9.10. The Bertz CT molecular complexity index is 697. The first-order valence-corrected chi connectivity index (χ1v) is 8.35. The summed E-state index contributed by atoms with van der Waals surface area (Å²) in [6, 6.07) is 10.9. The third-order valence-corrected chi connectivity index (χ3v) is 4.27. The van der Waals surface area contributed by atoms with Crippen LogP contribution in [0.4, 0.5) is 0 Å². The number of pyridine rings is 1. The number of ether oxygens (including phenoxy) is 1. The maximum atomic E-state index is 12.2. The number of nitrogens with zero attached hydrogens (tertiary/aromatic N) is 1. The largest absolute Gasteiger partial charge is 0.439 e. The van der Waals surface area contributed by atoms with Crippen molar-refractivity contribution in [3.8, 4) is 11.6 Å². The van der Waals surface area contributed by atoms with Gasteiger partial charge in [0.1, 0.15) is 5.75 Å². The Balaban J connectivity index is 0.00000156. The highest BCUT2D eigenvalue weighted by Crippen LogP contribution is 2.32. The molecule has 25 heavy (non-hydrogen) atoms. The molecular formula is C17H20BrCl2N3O2. The number of nitrogens with one attached hydrogen (secondary N) is 1. The van der Waals surface area contributed by atoms with Crippen LogP contribution in [0.3, 0.4) is 0 Å². The van der Waals surface area contributed by atoms with Crippen LogP contribution in [0, 0.1) is 5.92 Å². The van der Waals surface area contributed by atoms with E-state index in [0.29, 0.717) is 29.7 Å². The van der Waals surface area contributed by atoms with Gasteiger partial charge in [0.05, 0.1) is 5.56 Å². The smallest absolute Gasteiger partial charge is 0.253 e. The van der Waals surface area contributed by atoms with E-state index in [2.05, 4.69) is 26.2 Å². The summed E-state index contributed by atoms with van der Waals surface area (Å²) >= 11 is 3.39. The monoisotopic (exact) mass is 447 g/mol. The SMILES string of the molecule is Cl.Cl.NCC(NC(=O)c1ccc(Oc2cccc(Br)c2)nc1)C1CC1. The van der Waals surface area contributed by atoms with Gasteiger partial charge in [-0.25, -0.2) is 4.98 Å². The average molecular weight is 449 g/mol. The highest BCUT2D eigenvalue weighted by Gasteiger charge is 2.31. The molecule has 1 heterocycles. The van der Waals surface area contributed by atoms with Crippen molar-refractivity contribution in [2.75, 3.05) is 6.54 Å². The van der Waals surface area contributed by atoms with Crippen LogP contribution in [0.15, 0.2) is 47.1 Å². The number of nitrogens with two attached hydrogens (primary N) is 1. The molecule has 1 aliphatic rings. The number of hydrogen-bond donors (Lipinski definition) is 2.